The van der Waals surface area contributed by atoms with E-state index >= 15 is 0 Å². The average molecular weight is 578 g/mol. The smallest absolute Gasteiger partial charge is 0.363 e. The highest BCUT2D eigenvalue weighted by Gasteiger charge is 2.27. The number of aliphatic imine (C=N–C) groups is 1. The standard InChI is InChI=1S/C24H15BrCl2N2O6/c1-33-21-10-14(8-19(27)22(21)34-12-13-2-4-15(25)5-3-13)9-20-24(30)35-23(28-20)17-7-6-16(29(31)32)11-18(17)26/h2-11H,12H2,1H3/b20-9-. The second-order valence-electron chi connectivity index (χ2n) is 7.21. The number of nitro groups is 1. The van der Waals surface area contributed by atoms with Gasteiger partial charge >= 0.3 is 5.97 Å². The number of carbonyl (C=O) groups excluding carboxylic acids is 1. The molecule has 3 aromatic carbocycles. The van der Waals surface area contributed by atoms with Crippen molar-refractivity contribution in [3.8, 4) is 11.5 Å². The molecule has 0 aromatic heterocycles. The van der Waals surface area contributed by atoms with Gasteiger partial charge in [-0.25, -0.2) is 9.79 Å². The lowest BCUT2D eigenvalue weighted by molar-refractivity contribution is -0.384. The molecular formula is C24H15BrCl2N2O6. The van der Waals surface area contributed by atoms with Crippen LogP contribution in [0.5, 0.6) is 11.5 Å². The third-order valence-corrected chi connectivity index (χ3v) is 5.99. The lowest BCUT2D eigenvalue weighted by atomic mass is 10.1. The van der Waals surface area contributed by atoms with Gasteiger partial charge in [-0.05, 0) is 47.5 Å². The monoisotopic (exact) mass is 576 g/mol. The van der Waals surface area contributed by atoms with E-state index in [4.69, 9.17) is 37.4 Å². The molecule has 0 saturated heterocycles. The Morgan fingerprint density at radius 3 is 2.51 bits per heavy atom. The molecule has 1 aliphatic heterocycles. The van der Waals surface area contributed by atoms with Gasteiger partial charge in [0, 0.05) is 16.6 Å². The first-order valence-corrected chi connectivity index (χ1v) is 11.5. The van der Waals surface area contributed by atoms with Gasteiger partial charge in [0.15, 0.2) is 17.2 Å². The molecule has 0 radical (unpaired) electrons. The first-order valence-electron chi connectivity index (χ1n) is 9.97. The molecule has 0 aliphatic carbocycles. The number of hydrogen-bond donors (Lipinski definition) is 0. The zero-order valence-corrected chi connectivity index (χ0v) is 21.1. The Morgan fingerprint density at radius 2 is 1.86 bits per heavy atom. The molecule has 0 amide bonds. The summed E-state index contributed by atoms with van der Waals surface area (Å²) in [6.45, 7) is 0.278. The van der Waals surface area contributed by atoms with E-state index in [1.807, 2.05) is 24.3 Å². The molecule has 35 heavy (non-hydrogen) atoms. The molecule has 0 unspecified atom stereocenters. The summed E-state index contributed by atoms with van der Waals surface area (Å²) in [5, 5.41) is 11.2. The number of rotatable bonds is 7. The van der Waals surface area contributed by atoms with E-state index in [1.165, 1.54) is 25.3 Å². The van der Waals surface area contributed by atoms with E-state index < -0.39 is 10.9 Å². The van der Waals surface area contributed by atoms with Crippen LogP contribution in [0, 0.1) is 10.1 Å². The normalized spacial score (nSPS) is 14.0. The number of cyclic esters (lactones) is 1. The second-order valence-corrected chi connectivity index (χ2v) is 8.94. The van der Waals surface area contributed by atoms with Gasteiger partial charge in [-0.1, -0.05) is 51.3 Å². The van der Waals surface area contributed by atoms with Crippen LogP contribution < -0.4 is 9.47 Å². The number of hydrogen-bond acceptors (Lipinski definition) is 7. The highest BCUT2D eigenvalue weighted by molar-refractivity contribution is 9.10. The van der Waals surface area contributed by atoms with Crippen molar-refractivity contribution in [1.29, 1.82) is 0 Å². The Labute approximate surface area is 218 Å². The lowest BCUT2D eigenvalue weighted by Gasteiger charge is -2.13. The van der Waals surface area contributed by atoms with E-state index in [9.17, 15) is 14.9 Å². The summed E-state index contributed by atoms with van der Waals surface area (Å²) >= 11 is 16.0. The van der Waals surface area contributed by atoms with E-state index in [0.717, 1.165) is 16.1 Å². The van der Waals surface area contributed by atoms with E-state index in [0.29, 0.717) is 17.1 Å². The summed E-state index contributed by atoms with van der Waals surface area (Å²) < 4.78 is 17.5. The Kier molecular flexibility index (Phi) is 7.39. The number of carbonyl (C=O) groups is 1. The third kappa shape index (κ3) is 5.64. The van der Waals surface area contributed by atoms with E-state index in [2.05, 4.69) is 20.9 Å². The molecule has 0 spiro atoms. The minimum Gasteiger partial charge on any atom is -0.493 e. The molecule has 8 nitrogen and oxygen atoms in total. The van der Waals surface area contributed by atoms with Crippen molar-refractivity contribution < 1.29 is 23.9 Å². The number of non-ortho nitro benzene ring substituents is 1. The van der Waals surface area contributed by atoms with Crippen molar-refractivity contribution in [3.05, 3.63) is 102 Å². The number of esters is 1. The third-order valence-electron chi connectivity index (χ3n) is 4.87. The fourth-order valence-electron chi connectivity index (χ4n) is 3.17. The summed E-state index contributed by atoms with van der Waals surface area (Å²) in [5.74, 6) is -0.0423. The zero-order chi connectivity index (χ0) is 25.1. The number of nitro benzene ring substituents is 1. The van der Waals surface area contributed by atoms with Gasteiger partial charge in [0.1, 0.15) is 6.61 Å². The first-order chi connectivity index (χ1) is 16.7. The van der Waals surface area contributed by atoms with Crippen LogP contribution >= 0.6 is 39.1 Å². The van der Waals surface area contributed by atoms with Crippen molar-refractivity contribution in [2.24, 2.45) is 4.99 Å². The Balaban J connectivity index is 1.59. The maximum Gasteiger partial charge on any atom is 0.363 e. The molecule has 0 saturated carbocycles. The second kappa shape index (κ2) is 10.5. The van der Waals surface area contributed by atoms with Gasteiger partial charge in [0.2, 0.25) is 5.90 Å². The summed E-state index contributed by atoms with van der Waals surface area (Å²) in [7, 11) is 1.48. The van der Waals surface area contributed by atoms with Crippen molar-refractivity contribution in [1.82, 2.24) is 0 Å². The van der Waals surface area contributed by atoms with E-state index in [-0.39, 0.29) is 39.5 Å². The number of methoxy groups -OCH3 is 1. The SMILES string of the molecule is COc1cc(/C=C2\N=C(c3ccc([N+](=O)[O-])cc3Cl)OC2=O)cc(Cl)c1OCc1ccc(Br)cc1. The molecule has 0 atom stereocenters. The van der Waals surface area contributed by atoms with Gasteiger partial charge in [-0.2, -0.15) is 0 Å². The predicted octanol–water partition coefficient (Wildman–Crippen LogP) is 6.60. The highest BCUT2D eigenvalue weighted by atomic mass is 79.9. The van der Waals surface area contributed by atoms with Crippen LogP contribution in [-0.2, 0) is 16.1 Å². The lowest BCUT2D eigenvalue weighted by Crippen LogP contribution is -2.06. The van der Waals surface area contributed by atoms with Crippen molar-refractivity contribution in [3.63, 3.8) is 0 Å². The van der Waals surface area contributed by atoms with Gasteiger partial charge in [0.25, 0.3) is 5.69 Å². The summed E-state index contributed by atoms with van der Waals surface area (Å²) in [6.07, 6.45) is 1.47. The first kappa shape index (κ1) is 24.7. The molecule has 3 aromatic rings. The molecule has 4 rings (SSSR count). The van der Waals surface area contributed by atoms with Gasteiger partial charge in [-0.3, -0.25) is 10.1 Å². The molecule has 0 bridgehead atoms. The quantitative estimate of drug-likeness (QED) is 0.136. The van der Waals surface area contributed by atoms with Crippen LogP contribution in [0.2, 0.25) is 10.0 Å². The Hall–Kier alpha value is -3.40. The maximum atomic E-state index is 12.4. The fourth-order valence-corrected chi connectivity index (χ4v) is 3.97. The van der Waals surface area contributed by atoms with Crippen LogP contribution in [0.3, 0.4) is 0 Å². The highest BCUT2D eigenvalue weighted by Crippen LogP contribution is 2.38. The molecule has 1 aliphatic rings. The van der Waals surface area contributed by atoms with Crippen molar-refractivity contribution in [2.45, 2.75) is 6.61 Å². The molecular weight excluding hydrogens is 563 g/mol. The summed E-state index contributed by atoms with van der Waals surface area (Å²) in [6, 6.07) is 14.7. The van der Waals surface area contributed by atoms with Crippen LogP contribution in [0.4, 0.5) is 5.69 Å². The van der Waals surface area contributed by atoms with Crippen molar-refractivity contribution in [2.75, 3.05) is 7.11 Å². The number of ether oxygens (including phenoxy) is 3. The molecule has 0 N–H and O–H groups in total. The van der Waals surface area contributed by atoms with Gasteiger partial charge in [-0.15, -0.1) is 0 Å². The van der Waals surface area contributed by atoms with Gasteiger partial charge in [0.05, 0.1) is 27.6 Å². The van der Waals surface area contributed by atoms with Crippen LogP contribution in [-0.4, -0.2) is 23.9 Å². The van der Waals surface area contributed by atoms with Gasteiger partial charge < -0.3 is 14.2 Å². The largest absolute Gasteiger partial charge is 0.493 e. The van der Waals surface area contributed by atoms with Crippen LogP contribution in [0.25, 0.3) is 6.08 Å². The molecule has 0 fully saturated rings. The Bertz CT molecular complexity index is 1390. The fraction of sp³-hybridized carbons (Fsp3) is 0.0833. The summed E-state index contributed by atoms with van der Waals surface area (Å²) in [4.78, 5) is 26.9. The number of benzene rings is 3. The average Bonchev–Trinajstić information content (AvgIpc) is 3.18. The summed E-state index contributed by atoms with van der Waals surface area (Å²) in [5.41, 5.74) is 1.52. The van der Waals surface area contributed by atoms with E-state index in [1.54, 1.807) is 12.1 Å². The topological polar surface area (TPSA) is 100 Å². The van der Waals surface area contributed by atoms with Crippen LogP contribution in [0.15, 0.2) is 69.8 Å². The molecule has 1 heterocycles. The molecule has 178 valence electrons. The minimum absolute atomic E-state index is 0.00364. The molecule has 11 heteroatoms. The van der Waals surface area contributed by atoms with Crippen LogP contribution in [0.1, 0.15) is 16.7 Å². The van der Waals surface area contributed by atoms with Crippen molar-refractivity contribution >= 4 is 62.8 Å². The maximum absolute atomic E-state index is 12.4. The number of halogens is 3. The predicted molar refractivity (Wildman–Crippen MR) is 135 cm³/mol. The minimum atomic E-state index is -0.708. The zero-order valence-electron chi connectivity index (χ0n) is 18.0. The number of nitrogens with zero attached hydrogens (tertiary/aromatic N) is 2. The Morgan fingerprint density at radius 1 is 1.11 bits per heavy atom.